The van der Waals surface area contributed by atoms with Crippen LogP contribution in [0.2, 0.25) is 5.02 Å². The van der Waals surface area contributed by atoms with Crippen molar-refractivity contribution in [1.82, 2.24) is 4.98 Å². The van der Waals surface area contributed by atoms with Crippen molar-refractivity contribution in [3.05, 3.63) is 124 Å². The highest BCUT2D eigenvalue weighted by Gasteiger charge is 2.29. The first-order valence-corrected chi connectivity index (χ1v) is 13.1. The predicted molar refractivity (Wildman–Crippen MR) is 158 cm³/mol. The Balaban J connectivity index is 1.57. The standard InChI is InChI=1S/C33H27ClN2O4/c1-20-16-17-28(39-3)27(18-20)36-32(37)31(22-10-5-4-6-11-22)40-33(38)29-21(2)30(23-12-9-13-24(34)19-23)35-26-15-8-7-14-25(26)29/h4-19,31H,1-3H3,(H,36,37)/t31-/m1/s1. The molecule has 4 aromatic carbocycles. The van der Waals surface area contributed by atoms with Crippen LogP contribution in [0.15, 0.2) is 97.1 Å². The van der Waals surface area contributed by atoms with Crippen LogP contribution in [0, 0.1) is 13.8 Å². The lowest BCUT2D eigenvalue weighted by atomic mass is 9.97. The zero-order valence-electron chi connectivity index (χ0n) is 22.3. The molecule has 0 radical (unpaired) electrons. The topological polar surface area (TPSA) is 77.5 Å². The van der Waals surface area contributed by atoms with Crippen LogP contribution in [0.5, 0.6) is 5.75 Å². The van der Waals surface area contributed by atoms with Crippen molar-refractivity contribution < 1.29 is 19.1 Å². The van der Waals surface area contributed by atoms with E-state index in [0.29, 0.717) is 49.7 Å². The molecule has 0 aliphatic carbocycles. The Bertz CT molecular complexity index is 1720. The van der Waals surface area contributed by atoms with Gasteiger partial charge in [0, 0.05) is 21.5 Å². The first-order valence-electron chi connectivity index (χ1n) is 12.7. The molecule has 5 rings (SSSR count). The molecular weight excluding hydrogens is 524 g/mol. The van der Waals surface area contributed by atoms with Gasteiger partial charge in [0.25, 0.3) is 5.91 Å². The van der Waals surface area contributed by atoms with Crippen LogP contribution in [0.25, 0.3) is 22.2 Å². The fraction of sp³-hybridized carbons (Fsp3) is 0.121. The summed E-state index contributed by atoms with van der Waals surface area (Å²) in [6.45, 7) is 3.74. The third-order valence-electron chi connectivity index (χ3n) is 6.62. The summed E-state index contributed by atoms with van der Waals surface area (Å²) >= 11 is 6.26. The molecule has 0 aliphatic rings. The van der Waals surface area contributed by atoms with Crippen molar-refractivity contribution in [3.63, 3.8) is 0 Å². The largest absolute Gasteiger partial charge is 0.495 e. The second-order valence-electron chi connectivity index (χ2n) is 9.38. The summed E-state index contributed by atoms with van der Waals surface area (Å²) in [5.41, 5.74) is 4.93. The van der Waals surface area contributed by atoms with E-state index in [1.165, 1.54) is 7.11 Å². The van der Waals surface area contributed by atoms with Gasteiger partial charge in [0.15, 0.2) is 0 Å². The summed E-state index contributed by atoms with van der Waals surface area (Å²) in [6.07, 6.45) is -1.22. The van der Waals surface area contributed by atoms with Crippen molar-refractivity contribution in [2.24, 2.45) is 0 Å². The highest BCUT2D eigenvalue weighted by atomic mass is 35.5. The van der Waals surface area contributed by atoms with Gasteiger partial charge in [0.05, 0.1) is 29.6 Å². The Morgan fingerprint density at radius 3 is 2.38 bits per heavy atom. The summed E-state index contributed by atoms with van der Waals surface area (Å²) in [5, 5.41) is 4.07. The van der Waals surface area contributed by atoms with E-state index in [2.05, 4.69) is 5.32 Å². The molecule has 1 amide bonds. The summed E-state index contributed by atoms with van der Waals surface area (Å²) < 4.78 is 11.4. The predicted octanol–water partition coefficient (Wildman–Crippen LogP) is 7.72. The summed E-state index contributed by atoms with van der Waals surface area (Å²) in [7, 11) is 1.53. The Morgan fingerprint density at radius 1 is 0.875 bits per heavy atom. The van der Waals surface area contributed by atoms with Crippen molar-refractivity contribution in [2.45, 2.75) is 20.0 Å². The number of halogens is 1. The molecule has 0 saturated carbocycles. The van der Waals surface area contributed by atoms with E-state index < -0.39 is 18.0 Å². The van der Waals surface area contributed by atoms with E-state index in [4.69, 9.17) is 26.1 Å². The number of fused-ring (bicyclic) bond motifs is 1. The average Bonchev–Trinajstić information content (AvgIpc) is 2.96. The van der Waals surface area contributed by atoms with Crippen LogP contribution in [-0.2, 0) is 9.53 Å². The Labute approximate surface area is 237 Å². The van der Waals surface area contributed by atoms with E-state index >= 15 is 0 Å². The molecular formula is C33H27ClN2O4. The molecule has 1 heterocycles. The molecule has 0 unspecified atom stereocenters. The van der Waals surface area contributed by atoms with E-state index in [1.54, 1.807) is 48.5 Å². The second-order valence-corrected chi connectivity index (χ2v) is 9.81. The number of ether oxygens (including phenoxy) is 2. The molecule has 1 N–H and O–H groups in total. The van der Waals surface area contributed by atoms with E-state index in [9.17, 15) is 9.59 Å². The molecule has 0 saturated heterocycles. The first kappa shape index (κ1) is 26.9. The number of amides is 1. The monoisotopic (exact) mass is 550 g/mol. The number of nitrogens with one attached hydrogen (secondary N) is 1. The first-order chi connectivity index (χ1) is 19.4. The minimum Gasteiger partial charge on any atom is -0.495 e. The number of aryl methyl sites for hydroxylation is 1. The Kier molecular flexibility index (Phi) is 7.80. The van der Waals surface area contributed by atoms with Gasteiger partial charge >= 0.3 is 5.97 Å². The van der Waals surface area contributed by atoms with Crippen molar-refractivity contribution in [2.75, 3.05) is 12.4 Å². The van der Waals surface area contributed by atoms with Gasteiger partial charge in [-0.2, -0.15) is 0 Å². The molecule has 5 aromatic rings. The highest BCUT2D eigenvalue weighted by Crippen LogP contribution is 2.33. The van der Waals surface area contributed by atoms with E-state index in [-0.39, 0.29) is 0 Å². The van der Waals surface area contributed by atoms with Gasteiger partial charge in [-0.3, -0.25) is 4.79 Å². The number of anilines is 1. The molecule has 40 heavy (non-hydrogen) atoms. The number of nitrogens with zero attached hydrogens (tertiary/aromatic N) is 1. The van der Waals surface area contributed by atoms with Crippen molar-refractivity contribution in [1.29, 1.82) is 0 Å². The average molecular weight is 551 g/mol. The zero-order valence-corrected chi connectivity index (χ0v) is 23.0. The number of aromatic nitrogens is 1. The lowest BCUT2D eigenvalue weighted by molar-refractivity contribution is -0.125. The number of pyridine rings is 1. The number of benzene rings is 4. The smallest absolute Gasteiger partial charge is 0.340 e. The number of hydrogen-bond acceptors (Lipinski definition) is 5. The maximum Gasteiger partial charge on any atom is 0.340 e. The lowest BCUT2D eigenvalue weighted by Gasteiger charge is -2.21. The molecule has 6 nitrogen and oxygen atoms in total. The van der Waals surface area contributed by atoms with Crippen molar-refractivity contribution in [3.8, 4) is 17.0 Å². The number of para-hydroxylation sites is 1. The molecule has 1 atom stereocenters. The SMILES string of the molecule is COc1ccc(C)cc1NC(=O)[C@H](OC(=O)c1c(C)c(-c2cccc(Cl)c2)nc2ccccc12)c1ccccc1. The third kappa shape index (κ3) is 5.53. The van der Waals surface area contributed by atoms with Gasteiger partial charge in [-0.05, 0) is 55.3 Å². The summed E-state index contributed by atoms with van der Waals surface area (Å²) in [5.74, 6) is -0.645. The maximum absolute atomic E-state index is 14.0. The van der Waals surface area contributed by atoms with Crippen LogP contribution in [0.3, 0.4) is 0 Å². The van der Waals surface area contributed by atoms with E-state index in [0.717, 1.165) is 11.1 Å². The van der Waals surface area contributed by atoms with Crippen molar-refractivity contribution >= 4 is 40.1 Å². The third-order valence-corrected chi connectivity index (χ3v) is 6.85. The minimum absolute atomic E-state index is 0.336. The van der Waals surface area contributed by atoms with Crippen LogP contribution >= 0.6 is 11.6 Å². The zero-order chi connectivity index (χ0) is 28.2. The Hall–Kier alpha value is -4.68. The van der Waals surface area contributed by atoms with Crippen LogP contribution in [0.4, 0.5) is 5.69 Å². The Morgan fingerprint density at radius 2 is 1.62 bits per heavy atom. The molecule has 1 aromatic heterocycles. The molecule has 200 valence electrons. The fourth-order valence-electron chi connectivity index (χ4n) is 4.67. The van der Waals surface area contributed by atoms with Gasteiger partial charge in [0.1, 0.15) is 5.75 Å². The summed E-state index contributed by atoms with van der Waals surface area (Å²) in [6, 6.07) is 29.1. The number of methoxy groups -OCH3 is 1. The second kappa shape index (κ2) is 11.6. The fourth-order valence-corrected chi connectivity index (χ4v) is 4.86. The number of esters is 1. The molecule has 0 bridgehead atoms. The number of carbonyl (C=O) groups excluding carboxylic acids is 2. The molecule has 0 aliphatic heterocycles. The molecule has 0 spiro atoms. The number of hydrogen-bond donors (Lipinski definition) is 1. The summed E-state index contributed by atoms with van der Waals surface area (Å²) in [4.78, 5) is 32.5. The van der Waals surface area contributed by atoms with Gasteiger partial charge in [-0.15, -0.1) is 0 Å². The molecule has 7 heteroatoms. The maximum atomic E-state index is 14.0. The van der Waals surface area contributed by atoms with Crippen LogP contribution < -0.4 is 10.1 Å². The van der Waals surface area contributed by atoms with Crippen LogP contribution in [-0.4, -0.2) is 24.0 Å². The van der Waals surface area contributed by atoms with Crippen LogP contribution in [0.1, 0.15) is 33.2 Å². The van der Waals surface area contributed by atoms with Gasteiger partial charge in [-0.1, -0.05) is 78.3 Å². The van der Waals surface area contributed by atoms with E-state index in [1.807, 2.05) is 62.4 Å². The lowest BCUT2D eigenvalue weighted by Crippen LogP contribution is -2.26. The quantitative estimate of drug-likeness (QED) is 0.210. The number of carbonyl (C=O) groups is 2. The minimum atomic E-state index is -1.22. The number of rotatable bonds is 7. The normalized spacial score (nSPS) is 11.6. The van der Waals surface area contributed by atoms with Gasteiger partial charge < -0.3 is 14.8 Å². The molecule has 0 fully saturated rings. The van der Waals surface area contributed by atoms with Gasteiger partial charge in [0.2, 0.25) is 6.10 Å². The van der Waals surface area contributed by atoms with Gasteiger partial charge in [-0.25, -0.2) is 9.78 Å². The highest BCUT2D eigenvalue weighted by molar-refractivity contribution is 6.30.